The van der Waals surface area contributed by atoms with Crippen molar-refractivity contribution in [1.29, 1.82) is 0 Å². The van der Waals surface area contributed by atoms with E-state index >= 15 is 0 Å². The summed E-state index contributed by atoms with van der Waals surface area (Å²) in [6.07, 6.45) is 2.55. The summed E-state index contributed by atoms with van der Waals surface area (Å²) in [5.41, 5.74) is 0.628. The van der Waals surface area contributed by atoms with Gasteiger partial charge >= 0.3 is 0 Å². The quantitative estimate of drug-likeness (QED) is 0.822. The molecule has 1 aromatic carbocycles. The molecule has 1 aliphatic rings. The van der Waals surface area contributed by atoms with Crippen LogP contribution in [0.15, 0.2) is 18.2 Å². The Balaban J connectivity index is 2.05. The number of carbonyl (C=O) groups is 1. The van der Waals surface area contributed by atoms with Crippen molar-refractivity contribution in [2.45, 2.75) is 38.8 Å². The highest BCUT2D eigenvalue weighted by Gasteiger charge is 2.25. The third-order valence-corrected chi connectivity index (χ3v) is 3.33. The summed E-state index contributed by atoms with van der Waals surface area (Å²) in [5.74, 6) is -0.933. The average Bonchev–Trinajstić information content (AvgIpc) is 2.63. The highest BCUT2D eigenvalue weighted by molar-refractivity contribution is 5.76. The summed E-state index contributed by atoms with van der Waals surface area (Å²) >= 11 is 0. The molecule has 0 aromatic heterocycles. The zero-order valence-corrected chi connectivity index (χ0v) is 10.5. The van der Waals surface area contributed by atoms with Gasteiger partial charge in [-0.05, 0) is 44.0 Å². The molecule has 1 saturated heterocycles. The smallest absolute Gasteiger partial charge is 0.131 e. The molecule has 1 fully saturated rings. The van der Waals surface area contributed by atoms with E-state index in [4.69, 9.17) is 0 Å². The molecule has 18 heavy (non-hydrogen) atoms. The van der Waals surface area contributed by atoms with E-state index in [-0.39, 0.29) is 11.8 Å². The minimum absolute atomic E-state index is 0.164. The van der Waals surface area contributed by atoms with Gasteiger partial charge in [0.25, 0.3) is 0 Å². The first-order valence-electron chi connectivity index (χ1n) is 6.23. The van der Waals surface area contributed by atoms with E-state index in [0.29, 0.717) is 18.5 Å². The van der Waals surface area contributed by atoms with Crippen LogP contribution < -0.4 is 0 Å². The third kappa shape index (κ3) is 3.35. The number of rotatable bonds is 4. The van der Waals surface area contributed by atoms with Gasteiger partial charge in [-0.2, -0.15) is 0 Å². The van der Waals surface area contributed by atoms with Crippen LogP contribution in [0.1, 0.15) is 31.7 Å². The Morgan fingerprint density at radius 2 is 2.00 bits per heavy atom. The molecule has 0 radical (unpaired) electrons. The Labute approximate surface area is 106 Å². The lowest BCUT2D eigenvalue weighted by atomic mass is 10.1. The van der Waals surface area contributed by atoms with Gasteiger partial charge < -0.3 is 0 Å². The van der Waals surface area contributed by atoms with Crippen molar-refractivity contribution >= 4 is 5.78 Å². The molecule has 4 heteroatoms. The highest BCUT2D eigenvalue weighted by Crippen LogP contribution is 2.23. The van der Waals surface area contributed by atoms with Crippen molar-refractivity contribution in [3.8, 4) is 0 Å². The number of ketones is 1. The Kier molecular flexibility index (Phi) is 4.07. The summed E-state index contributed by atoms with van der Waals surface area (Å²) in [6, 6.07) is 3.80. The van der Waals surface area contributed by atoms with E-state index in [1.165, 1.54) is 12.1 Å². The molecule has 0 aliphatic carbocycles. The number of Topliss-reactive ketones (excluding diaryl/α,β-unsaturated/α-hetero) is 1. The molecule has 0 amide bonds. The van der Waals surface area contributed by atoms with E-state index in [2.05, 4.69) is 4.90 Å². The van der Waals surface area contributed by atoms with Crippen LogP contribution in [0, 0.1) is 11.6 Å². The Morgan fingerprint density at radius 3 is 2.61 bits per heavy atom. The second kappa shape index (κ2) is 5.57. The van der Waals surface area contributed by atoms with Gasteiger partial charge in [-0.15, -0.1) is 0 Å². The topological polar surface area (TPSA) is 20.3 Å². The van der Waals surface area contributed by atoms with Gasteiger partial charge in [0.15, 0.2) is 0 Å². The summed E-state index contributed by atoms with van der Waals surface area (Å²) < 4.78 is 26.2. The maximum absolute atomic E-state index is 13.1. The predicted octanol–water partition coefficient (Wildman–Crippen LogP) is 2.91. The van der Waals surface area contributed by atoms with E-state index in [0.717, 1.165) is 25.5 Å². The molecule has 1 atom stereocenters. The number of benzene rings is 1. The normalized spacial score (nSPS) is 20.3. The first kappa shape index (κ1) is 13.1. The average molecular weight is 253 g/mol. The molecule has 98 valence electrons. The standard InChI is InChI=1S/C14H17F2NO/c1-10(18)5-14-3-2-4-17(14)9-11-6-12(15)8-13(16)7-11/h6-8,14H,2-5,9H2,1H3. The van der Waals surface area contributed by atoms with Crippen molar-refractivity contribution in [3.63, 3.8) is 0 Å². The number of hydrogen-bond acceptors (Lipinski definition) is 2. The lowest BCUT2D eigenvalue weighted by molar-refractivity contribution is -0.118. The SMILES string of the molecule is CC(=O)CC1CCCN1Cc1cc(F)cc(F)c1. The minimum atomic E-state index is -0.549. The van der Waals surface area contributed by atoms with Crippen LogP contribution in [0.3, 0.4) is 0 Å². The fourth-order valence-electron chi connectivity index (χ4n) is 2.60. The number of halogens is 2. The lowest BCUT2D eigenvalue weighted by Gasteiger charge is -2.23. The number of hydrogen-bond donors (Lipinski definition) is 0. The predicted molar refractivity (Wildman–Crippen MR) is 65.1 cm³/mol. The van der Waals surface area contributed by atoms with Gasteiger partial charge in [-0.25, -0.2) is 8.78 Å². The molecule has 1 unspecified atom stereocenters. The first-order chi connectivity index (χ1) is 8.54. The van der Waals surface area contributed by atoms with Crippen molar-refractivity contribution in [2.75, 3.05) is 6.54 Å². The maximum atomic E-state index is 13.1. The van der Waals surface area contributed by atoms with Crippen LogP contribution in [-0.2, 0) is 11.3 Å². The Morgan fingerprint density at radius 1 is 1.33 bits per heavy atom. The van der Waals surface area contributed by atoms with Crippen LogP contribution in [-0.4, -0.2) is 23.3 Å². The maximum Gasteiger partial charge on any atom is 0.131 e. The molecule has 1 aromatic rings. The summed E-state index contributed by atoms with van der Waals surface area (Å²) in [7, 11) is 0. The molecule has 1 aliphatic heterocycles. The van der Waals surface area contributed by atoms with E-state index < -0.39 is 11.6 Å². The summed E-state index contributed by atoms with van der Waals surface area (Å²) in [6.45, 7) is 2.97. The molecular formula is C14H17F2NO. The van der Waals surface area contributed by atoms with Crippen molar-refractivity contribution in [2.24, 2.45) is 0 Å². The van der Waals surface area contributed by atoms with Crippen LogP contribution >= 0.6 is 0 Å². The fourth-order valence-corrected chi connectivity index (χ4v) is 2.60. The van der Waals surface area contributed by atoms with Gasteiger partial charge in [0.1, 0.15) is 17.4 Å². The van der Waals surface area contributed by atoms with E-state index in [1.807, 2.05) is 0 Å². The molecule has 2 nitrogen and oxygen atoms in total. The fraction of sp³-hybridized carbons (Fsp3) is 0.500. The van der Waals surface area contributed by atoms with Crippen LogP contribution in [0.25, 0.3) is 0 Å². The second-order valence-corrected chi connectivity index (χ2v) is 4.95. The Bertz CT molecular complexity index is 427. The number of likely N-dealkylation sites (tertiary alicyclic amines) is 1. The Hall–Kier alpha value is -1.29. The van der Waals surface area contributed by atoms with E-state index in [1.54, 1.807) is 6.92 Å². The zero-order valence-electron chi connectivity index (χ0n) is 10.5. The molecule has 0 spiro atoms. The van der Waals surface area contributed by atoms with Gasteiger partial charge in [0.05, 0.1) is 0 Å². The molecule has 0 saturated carbocycles. The van der Waals surface area contributed by atoms with Crippen LogP contribution in [0.5, 0.6) is 0 Å². The summed E-state index contributed by atoms with van der Waals surface area (Å²) in [4.78, 5) is 13.3. The molecule has 2 rings (SSSR count). The molecular weight excluding hydrogens is 236 g/mol. The number of carbonyl (C=O) groups excluding carboxylic acids is 1. The van der Waals surface area contributed by atoms with Gasteiger partial charge in [0.2, 0.25) is 0 Å². The van der Waals surface area contributed by atoms with Gasteiger partial charge in [0, 0.05) is 25.1 Å². The first-order valence-corrected chi connectivity index (χ1v) is 6.23. The molecule has 0 bridgehead atoms. The monoisotopic (exact) mass is 253 g/mol. The lowest BCUT2D eigenvalue weighted by Crippen LogP contribution is -2.30. The largest absolute Gasteiger partial charge is 0.300 e. The van der Waals surface area contributed by atoms with Crippen molar-refractivity contribution in [1.82, 2.24) is 4.90 Å². The minimum Gasteiger partial charge on any atom is -0.300 e. The van der Waals surface area contributed by atoms with Gasteiger partial charge in [-0.1, -0.05) is 0 Å². The van der Waals surface area contributed by atoms with E-state index in [9.17, 15) is 13.6 Å². The van der Waals surface area contributed by atoms with Crippen molar-refractivity contribution in [3.05, 3.63) is 35.4 Å². The molecule has 0 N–H and O–H groups in total. The zero-order chi connectivity index (χ0) is 13.1. The summed E-state index contributed by atoms with van der Waals surface area (Å²) in [5, 5.41) is 0. The molecule has 1 heterocycles. The van der Waals surface area contributed by atoms with Crippen LogP contribution in [0.4, 0.5) is 8.78 Å². The number of nitrogens with zero attached hydrogens (tertiary/aromatic N) is 1. The van der Waals surface area contributed by atoms with Gasteiger partial charge in [-0.3, -0.25) is 9.69 Å². The third-order valence-electron chi connectivity index (χ3n) is 3.33. The van der Waals surface area contributed by atoms with Crippen molar-refractivity contribution < 1.29 is 13.6 Å². The van der Waals surface area contributed by atoms with Crippen LogP contribution in [0.2, 0.25) is 0 Å². The second-order valence-electron chi connectivity index (χ2n) is 4.95. The highest BCUT2D eigenvalue weighted by atomic mass is 19.1.